The zero-order chi connectivity index (χ0) is 18.8. The first kappa shape index (κ1) is 17.9. The van der Waals surface area contributed by atoms with Gasteiger partial charge in [0.05, 0.1) is 6.04 Å². The number of pyridine rings is 1. The van der Waals surface area contributed by atoms with E-state index < -0.39 is 23.5 Å². The Morgan fingerprint density at radius 1 is 0.885 bits per heavy atom. The maximum atomic E-state index is 13.6. The van der Waals surface area contributed by atoms with Gasteiger partial charge in [0.25, 0.3) is 5.56 Å². The highest BCUT2D eigenvalue weighted by atomic mass is 19.2. The summed E-state index contributed by atoms with van der Waals surface area (Å²) < 4.78 is 54.9. The van der Waals surface area contributed by atoms with Crippen LogP contribution in [0, 0.1) is 23.3 Å². The van der Waals surface area contributed by atoms with Crippen LogP contribution in [0.15, 0.2) is 59.5 Å². The first-order valence-corrected chi connectivity index (χ1v) is 8.03. The van der Waals surface area contributed by atoms with Crippen LogP contribution in [0.4, 0.5) is 17.6 Å². The lowest BCUT2D eigenvalue weighted by Crippen LogP contribution is -2.24. The molecule has 2 nitrogen and oxygen atoms in total. The molecule has 3 rings (SSSR count). The van der Waals surface area contributed by atoms with E-state index in [2.05, 4.69) is 0 Å². The fraction of sp³-hybridized carbons (Fsp3) is 0.150. The van der Waals surface area contributed by atoms with Crippen molar-refractivity contribution in [2.24, 2.45) is 0 Å². The second-order valence-corrected chi connectivity index (χ2v) is 5.89. The van der Waals surface area contributed by atoms with Gasteiger partial charge in [0, 0.05) is 12.3 Å². The zero-order valence-corrected chi connectivity index (χ0v) is 13.8. The number of hydrogen-bond acceptors (Lipinski definition) is 1. The Hall–Kier alpha value is -2.89. The van der Waals surface area contributed by atoms with Crippen molar-refractivity contribution in [2.75, 3.05) is 0 Å². The van der Waals surface area contributed by atoms with Gasteiger partial charge in [-0.15, -0.1) is 0 Å². The minimum absolute atomic E-state index is 0.155. The van der Waals surface area contributed by atoms with Crippen LogP contribution in [-0.4, -0.2) is 4.57 Å². The van der Waals surface area contributed by atoms with Crippen molar-refractivity contribution in [2.45, 2.75) is 19.4 Å². The van der Waals surface area contributed by atoms with Crippen LogP contribution in [0.1, 0.15) is 24.9 Å². The molecule has 0 aliphatic rings. The highest BCUT2D eigenvalue weighted by Gasteiger charge is 2.19. The number of rotatable bonds is 4. The maximum absolute atomic E-state index is 13.6. The van der Waals surface area contributed by atoms with E-state index in [4.69, 9.17) is 0 Å². The summed E-state index contributed by atoms with van der Waals surface area (Å²) in [5.41, 5.74) is 1.12. The largest absolute Gasteiger partial charge is 0.307 e. The molecule has 1 heterocycles. The Labute approximate surface area is 147 Å². The third kappa shape index (κ3) is 3.40. The normalized spacial score (nSPS) is 12.2. The summed E-state index contributed by atoms with van der Waals surface area (Å²) in [5.74, 6) is -4.54. The lowest BCUT2D eigenvalue weighted by Gasteiger charge is -2.20. The molecule has 0 radical (unpaired) electrons. The number of aromatic nitrogens is 1. The molecule has 1 atom stereocenters. The van der Waals surface area contributed by atoms with E-state index in [1.54, 1.807) is 31.3 Å². The molecule has 26 heavy (non-hydrogen) atoms. The molecule has 3 aromatic rings. The van der Waals surface area contributed by atoms with Crippen molar-refractivity contribution in [1.82, 2.24) is 4.57 Å². The van der Waals surface area contributed by atoms with Gasteiger partial charge in [0.1, 0.15) is 5.82 Å². The van der Waals surface area contributed by atoms with Gasteiger partial charge in [-0.2, -0.15) is 0 Å². The van der Waals surface area contributed by atoms with Crippen LogP contribution >= 0.6 is 0 Å². The quantitative estimate of drug-likeness (QED) is 0.470. The van der Waals surface area contributed by atoms with Crippen LogP contribution in [0.3, 0.4) is 0 Å². The van der Waals surface area contributed by atoms with Gasteiger partial charge < -0.3 is 4.57 Å². The average Bonchev–Trinajstić information content (AvgIpc) is 2.62. The van der Waals surface area contributed by atoms with Crippen molar-refractivity contribution in [3.63, 3.8) is 0 Å². The Morgan fingerprint density at radius 2 is 1.46 bits per heavy atom. The number of benzene rings is 2. The van der Waals surface area contributed by atoms with Crippen LogP contribution in [0.2, 0.25) is 0 Å². The van der Waals surface area contributed by atoms with Crippen molar-refractivity contribution in [3.05, 3.63) is 93.9 Å². The molecule has 0 aliphatic carbocycles. The molecular weight excluding hydrogens is 346 g/mol. The highest BCUT2D eigenvalue weighted by Crippen LogP contribution is 2.26. The smallest absolute Gasteiger partial charge is 0.251 e. The lowest BCUT2D eigenvalue weighted by atomic mass is 10.0. The summed E-state index contributed by atoms with van der Waals surface area (Å²) >= 11 is 0. The third-order valence-corrected chi connectivity index (χ3v) is 4.23. The summed E-state index contributed by atoms with van der Waals surface area (Å²) in [7, 11) is 0. The number of nitrogens with zero attached hydrogens (tertiary/aromatic N) is 1. The molecule has 0 amide bonds. The summed E-state index contributed by atoms with van der Waals surface area (Å²) in [6, 6.07) is 9.76. The maximum Gasteiger partial charge on any atom is 0.251 e. The zero-order valence-electron chi connectivity index (χ0n) is 13.8. The summed E-state index contributed by atoms with van der Waals surface area (Å²) in [4.78, 5) is 12.3. The highest BCUT2D eigenvalue weighted by molar-refractivity contribution is 5.62. The van der Waals surface area contributed by atoms with E-state index in [1.807, 2.05) is 0 Å². The SMILES string of the molecule is CCC(c1cc(F)c(F)c(F)c1)n1cc(-c2ccc(F)cc2)ccc1=O. The predicted octanol–water partition coefficient (Wildman–Crippen LogP) is 5.07. The van der Waals surface area contributed by atoms with E-state index >= 15 is 0 Å². The molecule has 0 spiro atoms. The topological polar surface area (TPSA) is 22.0 Å². The van der Waals surface area contributed by atoms with Crippen LogP contribution in [0.5, 0.6) is 0 Å². The van der Waals surface area contributed by atoms with Gasteiger partial charge >= 0.3 is 0 Å². The molecule has 6 heteroatoms. The summed E-state index contributed by atoms with van der Waals surface area (Å²) in [5, 5.41) is 0. The Balaban J connectivity index is 2.10. The first-order chi connectivity index (χ1) is 12.4. The molecule has 2 aromatic carbocycles. The summed E-state index contributed by atoms with van der Waals surface area (Å²) in [6.45, 7) is 1.75. The van der Waals surface area contributed by atoms with Gasteiger partial charge in [-0.3, -0.25) is 4.79 Å². The second kappa shape index (κ2) is 7.15. The van der Waals surface area contributed by atoms with E-state index in [-0.39, 0.29) is 16.9 Å². The average molecular weight is 361 g/mol. The van der Waals surface area contributed by atoms with E-state index in [0.717, 1.165) is 12.1 Å². The fourth-order valence-corrected chi connectivity index (χ4v) is 2.92. The van der Waals surface area contributed by atoms with Crippen LogP contribution < -0.4 is 5.56 Å². The first-order valence-electron chi connectivity index (χ1n) is 8.03. The monoisotopic (exact) mass is 361 g/mol. The standard InChI is InChI=1S/C20H15F4NO/c1-2-18(14-9-16(22)20(24)17(23)10-14)25-11-13(5-8-19(25)26)12-3-6-15(21)7-4-12/h3-11,18H,2H2,1H3. The van der Waals surface area contributed by atoms with Gasteiger partial charge in [-0.25, -0.2) is 17.6 Å². The van der Waals surface area contributed by atoms with E-state index in [9.17, 15) is 22.4 Å². The third-order valence-electron chi connectivity index (χ3n) is 4.23. The molecule has 0 saturated carbocycles. The minimum Gasteiger partial charge on any atom is -0.307 e. The Bertz CT molecular complexity index is 972. The Kier molecular flexibility index (Phi) is 4.93. The van der Waals surface area contributed by atoms with Gasteiger partial charge in [0.2, 0.25) is 0 Å². The molecule has 1 aromatic heterocycles. The molecule has 0 fully saturated rings. The van der Waals surface area contributed by atoms with Crippen molar-refractivity contribution in [1.29, 1.82) is 0 Å². The molecule has 1 unspecified atom stereocenters. The lowest BCUT2D eigenvalue weighted by molar-refractivity contribution is 0.439. The van der Waals surface area contributed by atoms with E-state index in [1.165, 1.54) is 22.8 Å². The number of hydrogen-bond donors (Lipinski definition) is 0. The van der Waals surface area contributed by atoms with Gasteiger partial charge in [-0.1, -0.05) is 19.1 Å². The molecule has 0 bridgehead atoms. The van der Waals surface area contributed by atoms with Crippen LogP contribution in [0.25, 0.3) is 11.1 Å². The van der Waals surface area contributed by atoms with Crippen molar-refractivity contribution >= 4 is 0 Å². The number of halogens is 4. The predicted molar refractivity (Wildman–Crippen MR) is 90.8 cm³/mol. The minimum atomic E-state index is -1.55. The second-order valence-electron chi connectivity index (χ2n) is 5.89. The molecule has 0 aliphatic heterocycles. The Morgan fingerprint density at radius 3 is 2.04 bits per heavy atom. The van der Waals surface area contributed by atoms with Crippen molar-refractivity contribution in [3.8, 4) is 11.1 Å². The van der Waals surface area contributed by atoms with Gasteiger partial charge in [-0.05, 0) is 53.4 Å². The molecule has 0 N–H and O–H groups in total. The molecular formula is C20H15F4NO. The van der Waals surface area contributed by atoms with Crippen molar-refractivity contribution < 1.29 is 17.6 Å². The fourth-order valence-electron chi connectivity index (χ4n) is 2.92. The van der Waals surface area contributed by atoms with Crippen LogP contribution in [-0.2, 0) is 0 Å². The molecule has 0 saturated heterocycles. The van der Waals surface area contributed by atoms with Gasteiger partial charge in [0.15, 0.2) is 17.5 Å². The van der Waals surface area contributed by atoms with E-state index in [0.29, 0.717) is 17.5 Å². The summed E-state index contributed by atoms with van der Waals surface area (Å²) in [6.07, 6.45) is 1.90. The molecule has 134 valence electrons.